The van der Waals surface area contributed by atoms with E-state index in [1.54, 1.807) is 6.26 Å². The zero-order valence-corrected chi connectivity index (χ0v) is 16.9. The maximum absolute atomic E-state index is 5.41. The number of nitrogens with one attached hydrogen (secondary N) is 2. The van der Waals surface area contributed by atoms with Gasteiger partial charge in [-0.1, -0.05) is 19.4 Å². The van der Waals surface area contributed by atoms with Gasteiger partial charge in [-0.25, -0.2) is 0 Å². The van der Waals surface area contributed by atoms with E-state index in [2.05, 4.69) is 39.6 Å². The predicted octanol–water partition coefficient (Wildman–Crippen LogP) is 3.22. The highest BCUT2D eigenvalue weighted by molar-refractivity contribution is 5.80. The van der Waals surface area contributed by atoms with E-state index in [0.717, 1.165) is 82.2 Å². The van der Waals surface area contributed by atoms with Crippen molar-refractivity contribution >= 4 is 5.96 Å². The van der Waals surface area contributed by atoms with E-state index in [4.69, 9.17) is 9.41 Å². The normalized spacial score (nSPS) is 16.2. The number of unbranched alkanes of at least 4 members (excludes halogenated alkanes) is 1. The van der Waals surface area contributed by atoms with Gasteiger partial charge in [-0.05, 0) is 43.5 Å². The van der Waals surface area contributed by atoms with Crippen molar-refractivity contribution in [3.05, 3.63) is 54.2 Å². The molecule has 3 rings (SSSR count). The summed E-state index contributed by atoms with van der Waals surface area (Å²) in [6, 6.07) is 10.5. The second-order valence-electron chi connectivity index (χ2n) is 7.36. The molecule has 0 atom stereocenters. The third-order valence-corrected chi connectivity index (χ3v) is 5.07. The van der Waals surface area contributed by atoms with Crippen LogP contribution in [0.4, 0.5) is 0 Å². The summed E-state index contributed by atoms with van der Waals surface area (Å²) in [5.74, 6) is 1.94. The number of aliphatic imine (C=N–C) groups is 1. The molecule has 6 heteroatoms. The van der Waals surface area contributed by atoms with Gasteiger partial charge in [0.15, 0.2) is 5.96 Å². The van der Waals surface area contributed by atoms with Crippen LogP contribution in [-0.4, -0.2) is 48.1 Å². The Hall–Kier alpha value is -2.34. The minimum Gasteiger partial charge on any atom is -0.469 e. The van der Waals surface area contributed by atoms with Crippen molar-refractivity contribution in [3.8, 4) is 0 Å². The van der Waals surface area contributed by atoms with Crippen molar-refractivity contribution in [1.29, 1.82) is 0 Å². The molecule has 2 N–H and O–H groups in total. The molecule has 0 unspecified atom stereocenters. The first-order valence-electron chi connectivity index (χ1n) is 10.5. The molecule has 3 heterocycles. The van der Waals surface area contributed by atoms with Gasteiger partial charge in [0.05, 0.1) is 12.0 Å². The fourth-order valence-corrected chi connectivity index (χ4v) is 3.41. The van der Waals surface area contributed by atoms with Gasteiger partial charge in [-0.15, -0.1) is 0 Å². The van der Waals surface area contributed by atoms with E-state index in [9.17, 15) is 0 Å². The van der Waals surface area contributed by atoms with E-state index in [1.807, 2.05) is 24.4 Å². The van der Waals surface area contributed by atoms with Gasteiger partial charge < -0.3 is 15.1 Å². The zero-order valence-electron chi connectivity index (χ0n) is 16.9. The molecule has 0 amide bonds. The molecule has 152 valence electrons. The number of furan rings is 1. The van der Waals surface area contributed by atoms with Crippen molar-refractivity contribution in [3.63, 3.8) is 0 Å². The fraction of sp³-hybridized carbons (Fsp3) is 0.545. The summed E-state index contributed by atoms with van der Waals surface area (Å²) >= 11 is 0. The molecule has 0 saturated carbocycles. The molecule has 0 radical (unpaired) electrons. The topological polar surface area (TPSA) is 65.7 Å². The Labute approximate surface area is 168 Å². The lowest BCUT2D eigenvalue weighted by Crippen LogP contribution is -2.49. The van der Waals surface area contributed by atoms with Crippen LogP contribution in [0.2, 0.25) is 0 Å². The summed E-state index contributed by atoms with van der Waals surface area (Å²) in [6.45, 7) is 7.00. The minimum atomic E-state index is 0.469. The Morgan fingerprint density at radius 1 is 1.25 bits per heavy atom. The number of aromatic nitrogens is 1. The van der Waals surface area contributed by atoms with Crippen molar-refractivity contribution in [2.45, 2.75) is 51.6 Å². The Bertz CT molecular complexity index is 678. The van der Waals surface area contributed by atoms with Crippen LogP contribution >= 0.6 is 0 Å². The molecule has 1 aliphatic rings. The van der Waals surface area contributed by atoms with E-state index in [-0.39, 0.29) is 0 Å². The molecule has 0 bridgehead atoms. The van der Waals surface area contributed by atoms with Crippen molar-refractivity contribution in [1.82, 2.24) is 20.5 Å². The average molecular weight is 384 g/mol. The number of rotatable bonds is 9. The molecular weight excluding hydrogens is 350 g/mol. The number of hydrogen-bond acceptors (Lipinski definition) is 4. The Balaban J connectivity index is 1.43. The summed E-state index contributed by atoms with van der Waals surface area (Å²) in [6.07, 6.45) is 8.99. The lowest BCUT2D eigenvalue weighted by atomic mass is 10.0. The van der Waals surface area contributed by atoms with Gasteiger partial charge in [0.25, 0.3) is 0 Å². The van der Waals surface area contributed by atoms with Crippen LogP contribution < -0.4 is 10.6 Å². The number of nitrogens with zero attached hydrogens (tertiary/aromatic N) is 3. The van der Waals surface area contributed by atoms with Crippen molar-refractivity contribution in [2.75, 3.05) is 26.2 Å². The zero-order chi connectivity index (χ0) is 19.4. The van der Waals surface area contributed by atoms with Crippen LogP contribution in [0.5, 0.6) is 0 Å². The SMILES string of the molecule is CCCCN=C(NCCc1ccco1)NC1CCN(Cc2ccccn2)CC1. The largest absolute Gasteiger partial charge is 0.469 e. The lowest BCUT2D eigenvalue weighted by Gasteiger charge is -2.33. The van der Waals surface area contributed by atoms with Crippen LogP contribution in [-0.2, 0) is 13.0 Å². The predicted molar refractivity (Wildman–Crippen MR) is 113 cm³/mol. The highest BCUT2D eigenvalue weighted by Crippen LogP contribution is 2.13. The van der Waals surface area contributed by atoms with Gasteiger partial charge in [0, 0.05) is 51.4 Å². The summed E-state index contributed by atoms with van der Waals surface area (Å²) in [5.41, 5.74) is 1.15. The molecule has 6 nitrogen and oxygen atoms in total. The number of likely N-dealkylation sites (tertiary alicyclic amines) is 1. The van der Waals surface area contributed by atoms with Gasteiger partial charge in [-0.2, -0.15) is 0 Å². The number of piperidine rings is 1. The van der Waals surface area contributed by atoms with Crippen LogP contribution in [0, 0.1) is 0 Å². The van der Waals surface area contributed by atoms with Gasteiger partial charge in [0.1, 0.15) is 5.76 Å². The maximum atomic E-state index is 5.41. The number of hydrogen-bond donors (Lipinski definition) is 2. The fourth-order valence-electron chi connectivity index (χ4n) is 3.41. The first-order valence-corrected chi connectivity index (χ1v) is 10.5. The second-order valence-corrected chi connectivity index (χ2v) is 7.36. The van der Waals surface area contributed by atoms with Gasteiger partial charge in [-0.3, -0.25) is 14.9 Å². The van der Waals surface area contributed by atoms with Crippen LogP contribution in [0.15, 0.2) is 52.2 Å². The van der Waals surface area contributed by atoms with E-state index >= 15 is 0 Å². The summed E-state index contributed by atoms with van der Waals surface area (Å²) in [4.78, 5) is 11.7. The molecule has 1 saturated heterocycles. The van der Waals surface area contributed by atoms with Crippen LogP contribution in [0.25, 0.3) is 0 Å². The Morgan fingerprint density at radius 2 is 2.14 bits per heavy atom. The third kappa shape index (κ3) is 7.00. The molecule has 1 fully saturated rings. The minimum absolute atomic E-state index is 0.469. The van der Waals surface area contributed by atoms with Crippen molar-refractivity contribution < 1.29 is 4.42 Å². The standard InChI is InChI=1S/C22H33N5O/c1-2-3-12-24-22(25-14-9-21-8-6-17-28-21)26-19-10-15-27(16-11-19)18-20-7-4-5-13-23-20/h4-8,13,17,19H,2-3,9-12,14-16,18H2,1H3,(H2,24,25,26). The molecule has 2 aromatic heterocycles. The third-order valence-electron chi connectivity index (χ3n) is 5.07. The monoisotopic (exact) mass is 383 g/mol. The molecule has 0 aromatic carbocycles. The van der Waals surface area contributed by atoms with Crippen molar-refractivity contribution in [2.24, 2.45) is 4.99 Å². The van der Waals surface area contributed by atoms with E-state index < -0.39 is 0 Å². The quantitative estimate of drug-likeness (QED) is 0.395. The maximum Gasteiger partial charge on any atom is 0.191 e. The second kappa shape index (κ2) is 11.5. The first-order chi connectivity index (χ1) is 13.8. The smallest absolute Gasteiger partial charge is 0.191 e. The molecule has 1 aliphatic heterocycles. The highest BCUT2D eigenvalue weighted by Gasteiger charge is 2.20. The van der Waals surface area contributed by atoms with Crippen LogP contribution in [0.1, 0.15) is 44.1 Å². The van der Waals surface area contributed by atoms with Crippen LogP contribution in [0.3, 0.4) is 0 Å². The van der Waals surface area contributed by atoms with E-state index in [1.165, 1.54) is 0 Å². The molecule has 0 spiro atoms. The Morgan fingerprint density at radius 3 is 2.86 bits per heavy atom. The summed E-state index contributed by atoms with van der Waals surface area (Å²) in [7, 11) is 0. The highest BCUT2D eigenvalue weighted by atomic mass is 16.3. The summed E-state index contributed by atoms with van der Waals surface area (Å²) in [5, 5.41) is 7.12. The molecule has 0 aliphatic carbocycles. The summed E-state index contributed by atoms with van der Waals surface area (Å²) < 4.78 is 5.41. The molecule has 2 aromatic rings. The van der Waals surface area contributed by atoms with Gasteiger partial charge >= 0.3 is 0 Å². The molecular formula is C22H33N5O. The lowest BCUT2D eigenvalue weighted by molar-refractivity contribution is 0.196. The average Bonchev–Trinajstić information content (AvgIpc) is 3.24. The molecule has 28 heavy (non-hydrogen) atoms. The van der Waals surface area contributed by atoms with Gasteiger partial charge in [0.2, 0.25) is 0 Å². The Kier molecular flexibility index (Phi) is 8.37. The first kappa shape index (κ1) is 20.4. The number of guanidine groups is 1. The number of pyridine rings is 1. The van der Waals surface area contributed by atoms with E-state index in [0.29, 0.717) is 6.04 Å².